The van der Waals surface area contributed by atoms with Crippen LogP contribution in [0.3, 0.4) is 0 Å². The first-order valence-electron chi connectivity index (χ1n) is 7.97. The maximum atomic E-state index is 13.7. The molecule has 1 aliphatic heterocycles. The number of hydrogen-bond acceptors (Lipinski definition) is 3. The first kappa shape index (κ1) is 17.4. The predicted molar refractivity (Wildman–Crippen MR) is 95.6 cm³/mol. The molecule has 5 nitrogen and oxygen atoms in total. The van der Waals surface area contributed by atoms with Gasteiger partial charge in [-0.15, -0.1) is 0 Å². The van der Waals surface area contributed by atoms with E-state index in [-0.39, 0.29) is 17.8 Å². The topological polar surface area (TPSA) is 58.6 Å². The average molecular weight is 352 g/mol. The monoisotopic (exact) mass is 352 g/mol. The van der Waals surface area contributed by atoms with Gasteiger partial charge in [-0.25, -0.2) is 9.18 Å². The quantitative estimate of drug-likeness (QED) is 0.662. The Bertz CT molecular complexity index is 888. The number of amides is 3. The zero-order valence-electron chi connectivity index (χ0n) is 14.1. The first-order chi connectivity index (χ1) is 12.6. The van der Waals surface area contributed by atoms with E-state index in [0.717, 1.165) is 16.2 Å². The van der Waals surface area contributed by atoms with Gasteiger partial charge in [-0.3, -0.25) is 9.69 Å². The first-order valence-corrected chi connectivity index (χ1v) is 7.97. The number of hydrogen-bond donors (Lipinski definition) is 1. The number of ether oxygens (including phenoxy) is 1. The van der Waals surface area contributed by atoms with E-state index in [4.69, 9.17) is 4.74 Å². The summed E-state index contributed by atoms with van der Waals surface area (Å²) in [5.74, 6) is -0.190. The van der Waals surface area contributed by atoms with E-state index >= 15 is 0 Å². The summed E-state index contributed by atoms with van der Waals surface area (Å²) in [6.07, 6.45) is 4.99. The molecular formula is C20H17FN2O3. The Labute approximate surface area is 150 Å². The van der Waals surface area contributed by atoms with Crippen molar-refractivity contribution in [1.29, 1.82) is 0 Å². The minimum absolute atomic E-state index is 0.114. The zero-order chi connectivity index (χ0) is 18.5. The molecule has 26 heavy (non-hydrogen) atoms. The summed E-state index contributed by atoms with van der Waals surface area (Å²) in [6, 6.07) is 12.9. The van der Waals surface area contributed by atoms with Gasteiger partial charge in [0.15, 0.2) is 0 Å². The Morgan fingerprint density at radius 1 is 1.12 bits per heavy atom. The summed E-state index contributed by atoms with van der Waals surface area (Å²) in [5.41, 5.74) is 1.35. The maximum absolute atomic E-state index is 13.7. The van der Waals surface area contributed by atoms with Crippen molar-refractivity contribution >= 4 is 18.0 Å². The van der Waals surface area contributed by atoms with Gasteiger partial charge < -0.3 is 10.1 Å². The van der Waals surface area contributed by atoms with Crippen molar-refractivity contribution in [3.8, 4) is 5.75 Å². The number of allylic oxidation sites excluding steroid dienone is 2. The van der Waals surface area contributed by atoms with E-state index < -0.39 is 17.8 Å². The highest BCUT2D eigenvalue weighted by atomic mass is 19.1. The van der Waals surface area contributed by atoms with E-state index in [1.807, 2.05) is 24.3 Å². The van der Waals surface area contributed by atoms with Gasteiger partial charge in [0.1, 0.15) is 17.3 Å². The summed E-state index contributed by atoms with van der Waals surface area (Å²) in [5, 5.41) is 2.50. The van der Waals surface area contributed by atoms with Crippen molar-refractivity contribution in [2.24, 2.45) is 0 Å². The third-order valence-electron chi connectivity index (χ3n) is 3.92. The van der Waals surface area contributed by atoms with Crippen LogP contribution in [0.5, 0.6) is 5.75 Å². The highest BCUT2D eigenvalue weighted by Crippen LogP contribution is 2.17. The third-order valence-corrected chi connectivity index (χ3v) is 3.92. The molecule has 3 rings (SSSR count). The predicted octanol–water partition coefficient (Wildman–Crippen LogP) is 3.48. The lowest BCUT2D eigenvalue weighted by atomic mass is 10.2. The Morgan fingerprint density at radius 2 is 1.85 bits per heavy atom. The molecular weight excluding hydrogens is 335 g/mol. The molecule has 6 heteroatoms. The number of halogens is 1. The van der Waals surface area contributed by atoms with E-state index in [0.29, 0.717) is 0 Å². The second kappa shape index (κ2) is 7.65. The minimum Gasteiger partial charge on any atom is -0.497 e. The fraction of sp³-hybridized carbons (Fsp3) is 0.100. The molecule has 0 saturated carbocycles. The third kappa shape index (κ3) is 3.80. The highest BCUT2D eigenvalue weighted by Gasteiger charge is 2.33. The van der Waals surface area contributed by atoms with Crippen LogP contribution in [0.1, 0.15) is 11.1 Å². The van der Waals surface area contributed by atoms with Gasteiger partial charge in [-0.2, -0.15) is 0 Å². The molecule has 0 radical (unpaired) electrons. The summed E-state index contributed by atoms with van der Waals surface area (Å²) < 4.78 is 18.8. The Balaban J connectivity index is 1.70. The van der Waals surface area contributed by atoms with Gasteiger partial charge in [0, 0.05) is 5.56 Å². The molecule has 0 atom stereocenters. The molecule has 1 aliphatic rings. The van der Waals surface area contributed by atoms with Crippen molar-refractivity contribution in [3.63, 3.8) is 0 Å². The van der Waals surface area contributed by atoms with Crippen LogP contribution in [0.2, 0.25) is 0 Å². The maximum Gasteiger partial charge on any atom is 0.329 e. The number of nitrogens with zero attached hydrogens (tertiary/aromatic N) is 1. The Morgan fingerprint density at radius 3 is 2.54 bits per heavy atom. The van der Waals surface area contributed by atoms with Gasteiger partial charge in [-0.05, 0) is 29.8 Å². The SMILES string of the molecule is COc1ccc(/C=C/C=C2/NC(=O)N(Cc3ccccc3F)C2=O)cc1. The van der Waals surface area contributed by atoms with Crippen LogP contribution in [0.15, 0.2) is 66.4 Å². The number of benzene rings is 2. The van der Waals surface area contributed by atoms with Crippen molar-refractivity contribution in [3.05, 3.63) is 83.3 Å². The van der Waals surface area contributed by atoms with Crippen LogP contribution in [-0.2, 0) is 11.3 Å². The van der Waals surface area contributed by atoms with E-state index in [9.17, 15) is 14.0 Å². The number of carbonyl (C=O) groups excluding carboxylic acids is 2. The molecule has 0 spiro atoms. The number of rotatable bonds is 5. The smallest absolute Gasteiger partial charge is 0.329 e. The molecule has 3 amide bonds. The molecule has 1 saturated heterocycles. The average Bonchev–Trinajstić information content (AvgIpc) is 2.91. The van der Waals surface area contributed by atoms with E-state index in [1.165, 1.54) is 12.1 Å². The lowest BCUT2D eigenvalue weighted by Gasteiger charge is -2.12. The van der Waals surface area contributed by atoms with Gasteiger partial charge in [0.2, 0.25) is 0 Å². The fourth-order valence-electron chi connectivity index (χ4n) is 2.50. The second-order valence-corrected chi connectivity index (χ2v) is 5.63. The van der Waals surface area contributed by atoms with E-state index in [2.05, 4.69) is 5.32 Å². The normalized spacial score (nSPS) is 15.8. The number of methoxy groups -OCH3 is 1. The number of carbonyl (C=O) groups is 2. The van der Waals surface area contributed by atoms with Crippen LogP contribution in [0, 0.1) is 5.82 Å². The van der Waals surface area contributed by atoms with Crippen molar-refractivity contribution in [2.45, 2.75) is 6.54 Å². The lowest BCUT2D eigenvalue weighted by Crippen LogP contribution is -2.30. The van der Waals surface area contributed by atoms with Crippen LogP contribution in [-0.4, -0.2) is 23.9 Å². The van der Waals surface area contributed by atoms with Gasteiger partial charge in [0.25, 0.3) is 5.91 Å². The second-order valence-electron chi connectivity index (χ2n) is 5.63. The van der Waals surface area contributed by atoms with Crippen LogP contribution in [0.4, 0.5) is 9.18 Å². The van der Waals surface area contributed by atoms with Gasteiger partial charge in [-0.1, -0.05) is 42.5 Å². The summed E-state index contributed by atoms with van der Waals surface area (Å²) in [6.45, 7) is -0.114. The molecule has 1 fully saturated rings. The number of imide groups is 1. The summed E-state index contributed by atoms with van der Waals surface area (Å²) in [7, 11) is 1.59. The summed E-state index contributed by atoms with van der Waals surface area (Å²) >= 11 is 0. The van der Waals surface area contributed by atoms with Crippen LogP contribution < -0.4 is 10.1 Å². The minimum atomic E-state index is -0.567. The molecule has 2 aromatic rings. The van der Waals surface area contributed by atoms with Crippen molar-refractivity contribution in [1.82, 2.24) is 10.2 Å². The largest absolute Gasteiger partial charge is 0.497 e. The number of urea groups is 1. The lowest BCUT2D eigenvalue weighted by molar-refractivity contribution is -0.123. The fourth-order valence-corrected chi connectivity index (χ4v) is 2.50. The van der Waals surface area contributed by atoms with E-state index in [1.54, 1.807) is 37.5 Å². The Kier molecular flexibility index (Phi) is 5.12. The molecule has 0 aromatic heterocycles. The number of nitrogens with one attached hydrogen (secondary N) is 1. The summed E-state index contributed by atoms with van der Waals surface area (Å²) in [4.78, 5) is 25.3. The molecule has 1 N–H and O–H groups in total. The molecule has 0 bridgehead atoms. The van der Waals surface area contributed by atoms with Gasteiger partial charge >= 0.3 is 6.03 Å². The highest BCUT2D eigenvalue weighted by molar-refractivity contribution is 6.11. The molecule has 132 valence electrons. The standard InChI is InChI=1S/C20H17FN2O3/c1-26-16-11-9-14(10-12-16)5-4-8-18-19(24)23(20(25)22-18)13-15-6-2-3-7-17(15)21/h2-12H,13H2,1H3,(H,22,25)/b5-4+,18-8+. The molecule has 0 unspecified atom stereocenters. The molecule has 1 heterocycles. The van der Waals surface area contributed by atoms with Crippen molar-refractivity contribution in [2.75, 3.05) is 7.11 Å². The van der Waals surface area contributed by atoms with Gasteiger partial charge in [0.05, 0.1) is 13.7 Å². The van der Waals surface area contributed by atoms with Crippen LogP contribution in [0.25, 0.3) is 6.08 Å². The molecule has 2 aromatic carbocycles. The Hall–Kier alpha value is -3.41. The molecule has 0 aliphatic carbocycles. The van der Waals surface area contributed by atoms with Crippen molar-refractivity contribution < 1.29 is 18.7 Å². The van der Waals surface area contributed by atoms with Crippen LogP contribution >= 0.6 is 0 Å². The zero-order valence-corrected chi connectivity index (χ0v) is 14.1.